The first kappa shape index (κ1) is 43.1. The van der Waals surface area contributed by atoms with Gasteiger partial charge >= 0.3 is 0 Å². The first-order chi connectivity index (χ1) is 21.6. The van der Waals surface area contributed by atoms with Crippen LogP contribution in [-0.4, -0.2) is 242 Å². The number of aliphatic hydroxyl groups excluding tert-OH is 18. The average molecular weight is 689 g/mol. The summed E-state index contributed by atoms with van der Waals surface area (Å²) in [6.45, 7) is -4.91. The van der Waals surface area contributed by atoms with E-state index in [4.69, 9.17) is 49.6 Å². The van der Waals surface area contributed by atoms with E-state index in [0.29, 0.717) is 0 Å². The van der Waals surface area contributed by atoms with Crippen LogP contribution in [0.1, 0.15) is 0 Å². The third-order valence-electron chi connectivity index (χ3n) is 7.25. The van der Waals surface area contributed by atoms with Crippen LogP contribution in [0.25, 0.3) is 0 Å². The highest BCUT2D eigenvalue weighted by molar-refractivity contribution is 4.92. The molecule has 0 aromatic rings. The third-order valence-corrected chi connectivity index (χ3v) is 7.25. The van der Waals surface area contributed by atoms with Gasteiger partial charge in [-0.05, 0) is 0 Å². The second-order valence-electron chi connectivity index (χ2n) is 10.6. The highest BCUT2D eigenvalue weighted by Gasteiger charge is 2.48. The van der Waals surface area contributed by atoms with Gasteiger partial charge in [0.05, 0.1) is 39.6 Å². The van der Waals surface area contributed by atoms with Crippen molar-refractivity contribution in [3.05, 3.63) is 0 Å². The Hall–Kier alpha value is -0.880. The summed E-state index contributed by atoms with van der Waals surface area (Å²) in [4.78, 5) is 0. The van der Waals surface area contributed by atoms with Gasteiger partial charge in [-0.15, -0.1) is 0 Å². The minimum atomic E-state index is -1.85. The Balaban J connectivity index is 0.000000460. The summed E-state index contributed by atoms with van der Waals surface area (Å²) < 4.78 is 20.3. The molecule has 0 bridgehead atoms. The molecule has 22 nitrogen and oxygen atoms in total. The first-order valence-electron chi connectivity index (χ1n) is 14.0. The minimum absolute atomic E-state index is 0.708. The van der Waals surface area contributed by atoms with E-state index in [1.807, 2.05) is 0 Å². The van der Waals surface area contributed by atoms with Crippen LogP contribution in [0.15, 0.2) is 0 Å². The SMILES string of the molecule is OCC1O[C@@H](O[C@@H]([C@H](O)[C@@H](O)CO)[C@H](O)CO)C(O)[C@@H](O)[C@H]1O.OCC1O[C@H](O[C@@H]([C@H](O)[C@@H](O)CO)[C@H](O)CO)C(O)[C@H](O)[C@@H]1O. The van der Waals surface area contributed by atoms with Crippen LogP contribution in [0.2, 0.25) is 0 Å². The number of hydrogen-bond acceptors (Lipinski definition) is 22. The van der Waals surface area contributed by atoms with Crippen LogP contribution < -0.4 is 0 Å². The van der Waals surface area contributed by atoms with E-state index in [0.717, 1.165) is 0 Å². The zero-order valence-electron chi connectivity index (χ0n) is 24.3. The molecule has 0 aromatic carbocycles. The number of ether oxygens (including phenoxy) is 4. The van der Waals surface area contributed by atoms with Crippen molar-refractivity contribution in [2.45, 2.75) is 110 Å². The summed E-state index contributed by atoms with van der Waals surface area (Å²) in [7, 11) is 0. The number of rotatable bonds is 16. The molecule has 2 aliphatic heterocycles. The van der Waals surface area contributed by atoms with Crippen molar-refractivity contribution in [1.82, 2.24) is 0 Å². The van der Waals surface area contributed by atoms with Crippen molar-refractivity contribution in [2.24, 2.45) is 0 Å². The lowest BCUT2D eigenvalue weighted by molar-refractivity contribution is -0.327. The average Bonchev–Trinajstić information content (AvgIpc) is 3.07. The van der Waals surface area contributed by atoms with Crippen LogP contribution >= 0.6 is 0 Å². The molecule has 18 N–H and O–H groups in total. The molecule has 0 spiro atoms. The van der Waals surface area contributed by atoms with Crippen molar-refractivity contribution in [2.75, 3.05) is 39.6 Å². The molecule has 46 heavy (non-hydrogen) atoms. The number of hydrogen-bond donors (Lipinski definition) is 18. The van der Waals surface area contributed by atoms with Crippen molar-refractivity contribution < 1.29 is 111 Å². The highest BCUT2D eigenvalue weighted by Crippen LogP contribution is 2.26. The Morgan fingerprint density at radius 3 is 0.935 bits per heavy atom. The zero-order valence-corrected chi connectivity index (χ0v) is 24.3. The van der Waals surface area contributed by atoms with E-state index in [1.54, 1.807) is 0 Å². The lowest BCUT2D eigenvalue weighted by Crippen LogP contribution is -2.61. The molecule has 4 unspecified atom stereocenters. The maximum atomic E-state index is 9.83. The monoisotopic (exact) mass is 688 g/mol. The van der Waals surface area contributed by atoms with E-state index < -0.39 is 150 Å². The standard InChI is InChI=1S/2C12H24O11/c2*13-1-4(16)7(18)11(5(17)2-14)23-12-10(21)9(20)8(19)6(3-15)22-12/h2*4-21H,1-3H2/t4-,5+,6?,7+,8+,9+,10?,11+,12+;4-,5+,6?,7+,8-,9-,10?,11+,12-/m00/s1. The molecular formula is C24H48O22. The number of aliphatic hydroxyl groups is 18. The van der Waals surface area contributed by atoms with Gasteiger partial charge in [0.15, 0.2) is 12.6 Å². The second kappa shape index (κ2) is 20.6. The fraction of sp³-hybridized carbons (Fsp3) is 1.00. The van der Waals surface area contributed by atoms with Crippen LogP contribution in [0.5, 0.6) is 0 Å². The summed E-state index contributed by atoms with van der Waals surface area (Å²) >= 11 is 0. The molecule has 0 radical (unpaired) electrons. The Kier molecular flexibility index (Phi) is 19.3. The van der Waals surface area contributed by atoms with E-state index in [-0.39, 0.29) is 0 Å². The first-order valence-corrected chi connectivity index (χ1v) is 14.0. The second-order valence-corrected chi connectivity index (χ2v) is 10.6. The summed E-state index contributed by atoms with van der Waals surface area (Å²) in [6, 6.07) is 0. The lowest BCUT2D eigenvalue weighted by atomic mass is 9.98. The Morgan fingerprint density at radius 2 is 0.696 bits per heavy atom. The van der Waals surface area contributed by atoms with E-state index >= 15 is 0 Å². The highest BCUT2D eigenvalue weighted by atomic mass is 16.7. The fourth-order valence-corrected chi connectivity index (χ4v) is 4.33. The van der Waals surface area contributed by atoms with Gasteiger partial charge in [0.25, 0.3) is 0 Å². The van der Waals surface area contributed by atoms with Crippen LogP contribution in [0.4, 0.5) is 0 Å². The molecule has 0 saturated carbocycles. The predicted molar refractivity (Wildman–Crippen MR) is 142 cm³/mol. The molecule has 0 amide bonds. The van der Waals surface area contributed by atoms with Gasteiger partial charge in [0, 0.05) is 0 Å². The van der Waals surface area contributed by atoms with Gasteiger partial charge in [0.2, 0.25) is 0 Å². The maximum absolute atomic E-state index is 9.83. The van der Waals surface area contributed by atoms with Crippen LogP contribution in [-0.2, 0) is 18.9 Å². The molecule has 22 heteroatoms. The van der Waals surface area contributed by atoms with E-state index in [2.05, 4.69) is 0 Å². The summed E-state index contributed by atoms with van der Waals surface area (Å²) in [5.41, 5.74) is 0. The molecule has 2 heterocycles. The Bertz CT molecular complexity index is 746. The minimum Gasteiger partial charge on any atom is -0.394 e. The van der Waals surface area contributed by atoms with Crippen LogP contribution in [0, 0.1) is 0 Å². The van der Waals surface area contributed by atoms with Gasteiger partial charge in [-0.25, -0.2) is 0 Å². The maximum Gasteiger partial charge on any atom is 0.187 e. The van der Waals surface area contributed by atoms with Crippen LogP contribution in [0.3, 0.4) is 0 Å². The van der Waals surface area contributed by atoms with E-state index in [9.17, 15) is 61.3 Å². The van der Waals surface area contributed by atoms with Crippen molar-refractivity contribution in [3.63, 3.8) is 0 Å². The largest absolute Gasteiger partial charge is 0.394 e. The fourth-order valence-electron chi connectivity index (χ4n) is 4.33. The van der Waals surface area contributed by atoms with Crippen molar-refractivity contribution >= 4 is 0 Å². The molecule has 2 fully saturated rings. The quantitative estimate of drug-likeness (QED) is 0.0715. The van der Waals surface area contributed by atoms with Crippen molar-refractivity contribution in [1.29, 1.82) is 0 Å². The molecule has 2 rings (SSSR count). The van der Waals surface area contributed by atoms with Gasteiger partial charge in [-0.2, -0.15) is 0 Å². The van der Waals surface area contributed by atoms with Gasteiger partial charge in [-0.1, -0.05) is 0 Å². The summed E-state index contributed by atoms with van der Waals surface area (Å²) in [5.74, 6) is 0. The smallest absolute Gasteiger partial charge is 0.187 e. The topological polar surface area (TPSA) is 401 Å². The van der Waals surface area contributed by atoms with Gasteiger partial charge < -0.3 is 111 Å². The van der Waals surface area contributed by atoms with Gasteiger partial charge in [0.1, 0.15) is 97.7 Å². The zero-order chi connectivity index (χ0) is 35.5. The molecule has 18 atom stereocenters. The predicted octanol–water partition coefficient (Wildman–Crippen LogP) is -11.5. The molecule has 2 saturated heterocycles. The summed E-state index contributed by atoms with van der Waals surface area (Å²) in [5, 5.41) is 170. The third kappa shape index (κ3) is 11.1. The molecule has 2 aliphatic rings. The Morgan fingerprint density at radius 1 is 0.413 bits per heavy atom. The molecular weight excluding hydrogens is 640 g/mol. The van der Waals surface area contributed by atoms with Gasteiger partial charge in [-0.3, -0.25) is 0 Å². The summed E-state index contributed by atoms with van der Waals surface area (Å²) in [6.07, 6.45) is -30.2. The van der Waals surface area contributed by atoms with E-state index in [1.165, 1.54) is 0 Å². The molecule has 0 aliphatic carbocycles. The Labute approximate surface area is 261 Å². The lowest BCUT2D eigenvalue weighted by Gasteiger charge is -2.42. The normalized spacial score (nSPS) is 37.2. The molecule has 276 valence electrons. The van der Waals surface area contributed by atoms with Crippen molar-refractivity contribution in [3.8, 4) is 0 Å². The molecule has 0 aromatic heterocycles.